The Labute approximate surface area is 176 Å². The molecule has 154 valence electrons. The average molecular weight is 402 g/mol. The Bertz CT molecular complexity index is 1100. The van der Waals surface area contributed by atoms with Crippen LogP contribution < -0.4 is 20.3 Å². The van der Waals surface area contributed by atoms with E-state index in [4.69, 9.17) is 9.72 Å². The third-order valence-corrected chi connectivity index (χ3v) is 6.03. The summed E-state index contributed by atoms with van der Waals surface area (Å²) in [5.74, 6) is 1.56. The number of benzene rings is 2. The number of pyridine rings is 1. The number of rotatable bonds is 5. The van der Waals surface area contributed by atoms with Crippen molar-refractivity contribution in [3.8, 4) is 5.75 Å². The first kappa shape index (κ1) is 18.9. The van der Waals surface area contributed by atoms with E-state index < -0.39 is 0 Å². The minimum atomic E-state index is -0.183. The highest BCUT2D eigenvalue weighted by molar-refractivity contribution is 5.95. The predicted octanol–water partition coefficient (Wildman–Crippen LogP) is 3.42. The van der Waals surface area contributed by atoms with Gasteiger partial charge in [0.05, 0.1) is 5.52 Å². The van der Waals surface area contributed by atoms with Gasteiger partial charge in [-0.25, -0.2) is 4.98 Å². The van der Waals surface area contributed by atoms with Crippen LogP contribution in [0.2, 0.25) is 0 Å². The molecular weight excluding hydrogens is 376 g/mol. The summed E-state index contributed by atoms with van der Waals surface area (Å²) >= 11 is 0. The van der Waals surface area contributed by atoms with E-state index in [1.54, 1.807) is 0 Å². The average Bonchev–Trinajstić information content (AvgIpc) is 3.37. The van der Waals surface area contributed by atoms with Gasteiger partial charge in [-0.15, -0.1) is 0 Å². The summed E-state index contributed by atoms with van der Waals surface area (Å²) in [5.41, 5.74) is 4.03. The Kier molecular flexibility index (Phi) is 4.79. The summed E-state index contributed by atoms with van der Waals surface area (Å²) in [6.07, 6.45) is 1.20. The van der Waals surface area contributed by atoms with E-state index in [1.807, 2.05) is 49.4 Å². The lowest BCUT2D eigenvalue weighted by molar-refractivity contribution is -0.118. The number of aromatic nitrogens is 1. The topological polar surface area (TPSA) is 66.5 Å². The van der Waals surface area contributed by atoms with Crippen molar-refractivity contribution in [2.24, 2.45) is 0 Å². The van der Waals surface area contributed by atoms with Gasteiger partial charge < -0.3 is 20.3 Å². The zero-order chi connectivity index (χ0) is 20.7. The van der Waals surface area contributed by atoms with Crippen molar-refractivity contribution >= 4 is 28.3 Å². The van der Waals surface area contributed by atoms with Crippen LogP contribution in [0.1, 0.15) is 17.5 Å². The summed E-state index contributed by atoms with van der Waals surface area (Å²) < 4.78 is 5.57. The predicted molar refractivity (Wildman–Crippen MR) is 119 cm³/mol. The van der Waals surface area contributed by atoms with Crippen molar-refractivity contribution < 1.29 is 9.53 Å². The maximum atomic E-state index is 12.3. The van der Waals surface area contributed by atoms with Crippen LogP contribution in [-0.2, 0) is 4.79 Å². The summed E-state index contributed by atoms with van der Waals surface area (Å²) in [4.78, 5) is 19.6. The Morgan fingerprint density at radius 3 is 2.77 bits per heavy atom. The second kappa shape index (κ2) is 7.61. The smallest absolute Gasteiger partial charge is 0.262 e. The van der Waals surface area contributed by atoms with E-state index in [1.165, 1.54) is 6.42 Å². The lowest BCUT2D eigenvalue weighted by Crippen LogP contribution is -2.44. The van der Waals surface area contributed by atoms with Gasteiger partial charge in [0, 0.05) is 36.2 Å². The van der Waals surface area contributed by atoms with Crippen molar-refractivity contribution in [3.63, 3.8) is 0 Å². The molecule has 6 heteroatoms. The fourth-order valence-corrected chi connectivity index (χ4v) is 4.42. The Morgan fingerprint density at radius 2 is 2.03 bits per heavy atom. The number of aryl methyl sites for hydroxylation is 2. The molecule has 2 unspecified atom stereocenters. The molecule has 2 aromatic carbocycles. The number of anilines is 2. The minimum Gasteiger partial charge on any atom is -0.484 e. The maximum Gasteiger partial charge on any atom is 0.262 e. The minimum absolute atomic E-state index is 0.0250. The highest BCUT2D eigenvalue weighted by Crippen LogP contribution is 2.31. The van der Waals surface area contributed by atoms with E-state index >= 15 is 0 Å². The molecule has 1 aromatic heterocycles. The number of hydrogen-bond donors (Lipinski definition) is 2. The molecule has 2 N–H and O–H groups in total. The molecule has 2 fully saturated rings. The van der Waals surface area contributed by atoms with E-state index in [2.05, 4.69) is 28.5 Å². The SMILES string of the molecule is Cc1ccc(OCC(=O)Nc2ccc3nc(N4CC5CC4CN5)cc(C)c3c2)cc1. The molecule has 2 saturated heterocycles. The number of nitrogens with zero attached hydrogens (tertiary/aromatic N) is 2. The molecule has 2 bridgehead atoms. The summed E-state index contributed by atoms with van der Waals surface area (Å²) in [6.45, 7) is 6.16. The molecule has 2 aliphatic heterocycles. The van der Waals surface area contributed by atoms with Crippen LogP contribution in [0.3, 0.4) is 0 Å². The van der Waals surface area contributed by atoms with Crippen molar-refractivity contribution in [1.82, 2.24) is 10.3 Å². The zero-order valence-electron chi connectivity index (χ0n) is 17.3. The van der Waals surface area contributed by atoms with Gasteiger partial charge in [0.2, 0.25) is 0 Å². The van der Waals surface area contributed by atoms with Crippen LogP contribution in [0.25, 0.3) is 10.9 Å². The van der Waals surface area contributed by atoms with Gasteiger partial charge in [0.15, 0.2) is 6.61 Å². The van der Waals surface area contributed by atoms with E-state index in [0.29, 0.717) is 17.8 Å². The quantitative estimate of drug-likeness (QED) is 0.685. The van der Waals surface area contributed by atoms with Gasteiger partial charge in [-0.2, -0.15) is 0 Å². The summed E-state index contributed by atoms with van der Waals surface area (Å²) in [6, 6.07) is 16.8. The summed E-state index contributed by atoms with van der Waals surface area (Å²) in [7, 11) is 0. The molecule has 6 nitrogen and oxygen atoms in total. The molecule has 3 heterocycles. The molecule has 0 saturated carbocycles. The van der Waals surface area contributed by atoms with Gasteiger partial charge in [-0.1, -0.05) is 17.7 Å². The van der Waals surface area contributed by atoms with Crippen molar-refractivity contribution in [1.29, 1.82) is 0 Å². The van der Waals surface area contributed by atoms with E-state index in [-0.39, 0.29) is 12.5 Å². The van der Waals surface area contributed by atoms with Gasteiger partial charge >= 0.3 is 0 Å². The first-order chi connectivity index (χ1) is 14.5. The number of piperazine rings is 1. The standard InChI is InChI=1S/C24H26N4O2/c1-15-3-6-20(7-4-15)30-14-24(29)26-17-5-8-22-21(11-17)16(2)9-23(27-22)28-13-18-10-19(28)12-25-18/h3-9,11,18-19,25H,10,12-14H2,1-2H3,(H,26,29). The van der Waals surface area contributed by atoms with Crippen LogP contribution in [0, 0.1) is 13.8 Å². The van der Waals surface area contributed by atoms with Gasteiger partial charge in [-0.05, 0) is 62.2 Å². The van der Waals surface area contributed by atoms with Crippen LogP contribution in [0.15, 0.2) is 48.5 Å². The van der Waals surface area contributed by atoms with Gasteiger partial charge in [0.25, 0.3) is 5.91 Å². The van der Waals surface area contributed by atoms with Crippen LogP contribution in [0.5, 0.6) is 5.75 Å². The third-order valence-electron chi connectivity index (χ3n) is 6.03. The van der Waals surface area contributed by atoms with Gasteiger partial charge in [-0.3, -0.25) is 4.79 Å². The number of ether oxygens (including phenoxy) is 1. The molecule has 0 aliphatic carbocycles. The Hall–Kier alpha value is -3.12. The number of carbonyl (C=O) groups is 1. The molecular formula is C24H26N4O2. The van der Waals surface area contributed by atoms with Crippen molar-refractivity contribution in [2.75, 3.05) is 29.9 Å². The number of hydrogen-bond acceptors (Lipinski definition) is 5. The molecule has 0 radical (unpaired) electrons. The Morgan fingerprint density at radius 1 is 1.20 bits per heavy atom. The second-order valence-electron chi connectivity index (χ2n) is 8.33. The third kappa shape index (κ3) is 3.71. The number of fused-ring (bicyclic) bond motifs is 3. The van der Waals surface area contributed by atoms with Gasteiger partial charge in [0.1, 0.15) is 11.6 Å². The van der Waals surface area contributed by atoms with Crippen LogP contribution in [-0.4, -0.2) is 42.7 Å². The molecule has 0 spiro atoms. The second-order valence-corrected chi connectivity index (χ2v) is 8.33. The first-order valence-electron chi connectivity index (χ1n) is 10.5. The summed E-state index contributed by atoms with van der Waals surface area (Å²) in [5, 5.41) is 7.51. The van der Waals surface area contributed by atoms with Crippen LogP contribution >= 0.6 is 0 Å². The molecule has 30 heavy (non-hydrogen) atoms. The number of nitrogens with one attached hydrogen (secondary N) is 2. The molecule has 5 rings (SSSR count). The largest absolute Gasteiger partial charge is 0.484 e. The first-order valence-corrected chi connectivity index (χ1v) is 10.5. The fraction of sp³-hybridized carbons (Fsp3) is 0.333. The highest BCUT2D eigenvalue weighted by Gasteiger charge is 2.38. The zero-order valence-corrected chi connectivity index (χ0v) is 17.3. The molecule has 1 amide bonds. The van der Waals surface area contributed by atoms with Crippen molar-refractivity contribution in [3.05, 3.63) is 59.7 Å². The fourth-order valence-electron chi connectivity index (χ4n) is 4.42. The highest BCUT2D eigenvalue weighted by atomic mass is 16.5. The normalized spacial score (nSPS) is 20.0. The molecule has 2 atom stereocenters. The lowest BCUT2D eigenvalue weighted by Gasteiger charge is -2.29. The molecule has 2 aliphatic rings. The lowest BCUT2D eigenvalue weighted by atomic mass is 10.1. The van der Waals surface area contributed by atoms with Crippen LogP contribution in [0.4, 0.5) is 11.5 Å². The van der Waals surface area contributed by atoms with Crippen molar-refractivity contribution in [2.45, 2.75) is 32.4 Å². The van der Waals surface area contributed by atoms with E-state index in [9.17, 15) is 4.79 Å². The molecule has 3 aromatic rings. The Balaban J connectivity index is 1.28. The monoisotopic (exact) mass is 402 g/mol. The number of amides is 1. The van der Waals surface area contributed by atoms with E-state index in [0.717, 1.165) is 46.6 Å². The number of carbonyl (C=O) groups excluding carboxylic acids is 1. The maximum absolute atomic E-state index is 12.3.